The Morgan fingerprint density at radius 3 is 2.74 bits per heavy atom. The lowest BCUT2D eigenvalue weighted by Crippen LogP contribution is -2.32. The van der Waals surface area contributed by atoms with Crippen molar-refractivity contribution in [3.8, 4) is 0 Å². The zero-order valence-corrected chi connectivity index (χ0v) is 14.9. The van der Waals surface area contributed by atoms with E-state index >= 15 is 0 Å². The smallest absolute Gasteiger partial charge is 0.220 e. The molecular weight excluding hydrogens is 308 g/mol. The van der Waals surface area contributed by atoms with Crippen LogP contribution in [0.3, 0.4) is 0 Å². The van der Waals surface area contributed by atoms with Crippen LogP contribution in [0.1, 0.15) is 44.2 Å². The first-order valence-corrected chi connectivity index (χ1v) is 9.35. The van der Waals surface area contributed by atoms with Crippen molar-refractivity contribution >= 4 is 17.7 Å². The molecule has 0 radical (unpaired) electrons. The van der Waals surface area contributed by atoms with Crippen molar-refractivity contribution in [1.29, 1.82) is 0 Å². The Kier molecular flexibility index (Phi) is 7.40. The SMILES string of the molecule is COCCSc1ccc(C(C)NC(=O)C[C@@H]2CCC[C@H]2N)cc1. The molecule has 1 aromatic carbocycles. The first-order chi connectivity index (χ1) is 11.1. The van der Waals surface area contributed by atoms with Crippen molar-refractivity contribution in [3.05, 3.63) is 29.8 Å². The summed E-state index contributed by atoms with van der Waals surface area (Å²) in [4.78, 5) is 13.4. The summed E-state index contributed by atoms with van der Waals surface area (Å²) >= 11 is 1.77. The fourth-order valence-electron chi connectivity index (χ4n) is 3.04. The lowest BCUT2D eigenvalue weighted by molar-refractivity contribution is -0.122. The van der Waals surface area contributed by atoms with Gasteiger partial charge in [0.15, 0.2) is 0 Å². The molecule has 23 heavy (non-hydrogen) atoms. The van der Waals surface area contributed by atoms with Gasteiger partial charge in [0.1, 0.15) is 0 Å². The van der Waals surface area contributed by atoms with Gasteiger partial charge in [0.05, 0.1) is 12.6 Å². The van der Waals surface area contributed by atoms with Gasteiger partial charge in [0.2, 0.25) is 5.91 Å². The number of methoxy groups -OCH3 is 1. The number of ether oxygens (including phenoxy) is 1. The van der Waals surface area contributed by atoms with E-state index in [1.165, 1.54) is 4.90 Å². The molecule has 1 aliphatic rings. The summed E-state index contributed by atoms with van der Waals surface area (Å²) in [6.45, 7) is 2.78. The molecule has 4 nitrogen and oxygen atoms in total. The van der Waals surface area contributed by atoms with Gasteiger partial charge in [-0.15, -0.1) is 11.8 Å². The Bertz CT molecular complexity index is 492. The van der Waals surface area contributed by atoms with Gasteiger partial charge in [0.25, 0.3) is 0 Å². The Hall–Kier alpha value is -1.04. The lowest BCUT2D eigenvalue weighted by Gasteiger charge is -2.18. The topological polar surface area (TPSA) is 64.3 Å². The maximum atomic E-state index is 12.2. The van der Waals surface area contributed by atoms with Crippen molar-refractivity contribution in [1.82, 2.24) is 5.32 Å². The number of nitrogens with two attached hydrogens (primary N) is 1. The first-order valence-electron chi connectivity index (χ1n) is 8.36. The Morgan fingerprint density at radius 2 is 2.13 bits per heavy atom. The van der Waals surface area contributed by atoms with Crippen LogP contribution in [0.15, 0.2) is 29.2 Å². The van der Waals surface area contributed by atoms with Crippen LogP contribution in [0.2, 0.25) is 0 Å². The average Bonchev–Trinajstić information content (AvgIpc) is 2.93. The molecule has 3 N–H and O–H groups in total. The summed E-state index contributed by atoms with van der Waals surface area (Å²) in [7, 11) is 1.71. The van der Waals surface area contributed by atoms with Gasteiger partial charge < -0.3 is 15.8 Å². The molecule has 1 fully saturated rings. The minimum Gasteiger partial charge on any atom is -0.384 e. The highest BCUT2D eigenvalue weighted by Crippen LogP contribution is 2.27. The van der Waals surface area contributed by atoms with E-state index in [4.69, 9.17) is 10.5 Å². The fraction of sp³-hybridized carbons (Fsp3) is 0.611. The van der Waals surface area contributed by atoms with Crippen LogP contribution in [0.25, 0.3) is 0 Å². The molecule has 0 saturated heterocycles. The molecule has 128 valence electrons. The maximum absolute atomic E-state index is 12.2. The highest BCUT2D eigenvalue weighted by Gasteiger charge is 2.26. The van der Waals surface area contributed by atoms with Gasteiger partial charge in [-0.2, -0.15) is 0 Å². The number of carbonyl (C=O) groups is 1. The first kappa shape index (κ1) is 18.3. The predicted molar refractivity (Wildman–Crippen MR) is 95.5 cm³/mol. The van der Waals surface area contributed by atoms with E-state index in [0.29, 0.717) is 12.3 Å². The highest BCUT2D eigenvalue weighted by molar-refractivity contribution is 7.99. The fourth-order valence-corrected chi connectivity index (χ4v) is 3.85. The Balaban J connectivity index is 1.80. The number of thioether (sulfide) groups is 1. The summed E-state index contributed by atoms with van der Waals surface area (Å²) in [6, 6.07) is 8.59. The van der Waals surface area contributed by atoms with Gasteiger partial charge in [-0.1, -0.05) is 18.6 Å². The third-order valence-corrected chi connectivity index (χ3v) is 5.46. The van der Waals surface area contributed by atoms with E-state index < -0.39 is 0 Å². The van der Waals surface area contributed by atoms with Crippen LogP contribution in [0.4, 0.5) is 0 Å². The van der Waals surface area contributed by atoms with Crippen molar-refractivity contribution in [3.63, 3.8) is 0 Å². The van der Waals surface area contributed by atoms with Crippen LogP contribution in [-0.4, -0.2) is 31.4 Å². The Labute approximate surface area is 143 Å². The number of hydrogen-bond donors (Lipinski definition) is 2. The molecule has 1 saturated carbocycles. The minimum absolute atomic E-state index is 0.0261. The highest BCUT2D eigenvalue weighted by atomic mass is 32.2. The molecule has 1 aliphatic carbocycles. The molecule has 1 amide bonds. The normalized spacial score (nSPS) is 22.0. The van der Waals surface area contributed by atoms with E-state index in [1.54, 1.807) is 18.9 Å². The standard InChI is InChI=1S/C18H28N2O2S/c1-13(20-18(21)12-15-4-3-5-17(15)19)14-6-8-16(9-7-14)23-11-10-22-2/h6-9,13,15,17H,3-5,10-12,19H2,1-2H3,(H,20,21)/t13?,15-,17+/m0/s1. The number of carbonyl (C=O) groups excluding carboxylic acids is 1. The van der Waals surface area contributed by atoms with E-state index in [0.717, 1.165) is 37.2 Å². The zero-order valence-electron chi connectivity index (χ0n) is 14.1. The van der Waals surface area contributed by atoms with Gasteiger partial charge in [0, 0.05) is 30.2 Å². The summed E-state index contributed by atoms with van der Waals surface area (Å²) < 4.78 is 5.05. The third kappa shape index (κ3) is 5.83. The second-order valence-corrected chi connectivity index (χ2v) is 7.43. The molecule has 0 bridgehead atoms. The third-order valence-electron chi connectivity index (χ3n) is 4.48. The minimum atomic E-state index is 0.0261. The quantitative estimate of drug-likeness (QED) is 0.565. The average molecular weight is 337 g/mol. The molecule has 1 aromatic rings. The zero-order chi connectivity index (χ0) is 16.7. The molecular formula is C18H28N2O2S. The van der Waals surface area contributed by atoms with Crippen LogP contribution >= 0.6 is 11.8 Å². The summed E-state index contributed by atoms with van der Waals surface area (Å²) in [5.74, 6) is 1.41. The lowest BCUT2D eigenvalue weighted by atomic mass is 9.99. The number of benzene rings is 1. The molecule has 0 aromatic heterocycles. The summed E-state index contributed by atoms with van der Waals surface area (Å²) in [5.41, 5.74) is 7.17. The van der Waals surface area contributed by atoms with E-state index in [-0.39, 0.29) is 18.0 Å². The molecule has 5 heteroatoms. The molecule has 0 heterocycles. The van der Waals surface area contributed by atoms with Gasteiger partial charge in [-0.05, 0) is 43.4 Å². The molecule has 1 unspecified atom stereocenters. The molecule has 2 rings (SSSR count). The second kappa shape index (κ2) is 9.30. The van der Waals surface area contributed by atoms with E-state index in [1.807, 2.05) is 6.92 Å². The van der Waals surface area contributed by atoms with Crippen molar-refractivity contribution in [2.75, 3.05) is 19.5 Å². The van der Waals surface area contributed by atoms with Gasteiger partial charge in [-0.25, -0.2) is 0 Å². The van der Waals surface area contributed by atoms with Crippen molar-refractivity contribution in [2.24, 2.45) is 11.7 Å². The van der Waals surface area contributed by atoms with Crippen LogP contribution in [0.5, 0.6) is 0 Å². The van der Waals surface area contributed by atoms with Gasteiger partial charge in [-0.3, -0.25) is 4.79 Å². The Morgan fingerprint density at radius 1 is 1.39 bits per heavy atom. The van der Waals surface area contributed by atoms with Gasteiger partial charge >= 0.3 is 0 Å². The van der Waals surface area contributed by atoms with Crippen LogP contribution in [0, 0.1) is 5.92 Å². The maximum Gasteiger partial charge on any atom is 0.220 e. The number of nitrogens with one attached hydrogen (secondary N) is 1. The van der Waals surface area contributed by atoms with Crippen molar-refractivity contribution < 1.29 is 9.53 Å². The number of rotatable bonds is 8. The molecule has 0 spiro atoms. The second-order valence-electron chi connectivity index (χ2n) is 6.26. The number of amides is 1. The van der Waals surface area contributed by atoms with Crippen molar-refractivity contribution in [2.45, 2.75) is 49.6 Å². The molecule has 0 aliphatic heterocycles. The summed E-state index contributed by atoms with van der Waals surface area (Å²) in [5, 5.41) is 3.09. The van der Waals surface area contributed by atoms with Crippen LogP contribution < -0.4 is 11.1 Å². The monoisotopic (exact) mass is 336 g/mol. The molecule has 3 atom stereocenters. The van der Waals surface area contributed by atoms with E-state index in [2.05, 4.69) is 29.6 Å². The largest absolute Gasteiger partial charge is 0.384 e. The summed E-state index contributed by atoms with van der Waals surface area (Å²) in [6.07, 6.45) is 3.83. The van der Waals surface area contributed by atoms with Crippen LogP contribution in [-0.2, 0) is 9.53 Å². The predicted octanol–water partition coefficient (Wildman–Crippen LogP) is 3.12. The number of hydrogen-bond acceptors (Lipinski definition) is 4. The van der Waals surface area contributed by atoms with E-state index in [9.17, 15) is 4.79 Å².